The molecule has 22 heavy (non-hydrogen) atoms. The van der Waals surface area contributed by atoms with Crippen LogP contribution in [0.25, 0.3) is 10.9 Å². The summed E-state index contributed by atoms with van der Waals surface area (Å²) in [6, 6.07) is 6.71. The second-order valence-electron chi connectivity index (χ2n) is 6.53. The van der Waals surface area contributed by atoms with E-state index >= 15 is 0 Å². The van der Waals surface area contributed by atoms with Gasteiger partial charge in [-0.15, -0.1) is 0 Å². The van der Waals surface area contributed by atoms with E-state index < -0.39 is 5.54 Å². The van der Waals surface area contributed by atoms with Crippen LogP contribution < -0.4 is 5.32 Å². The zero-order valence-electron chi connectivity index (χ0n) is 12.8. The summed E-state index contributed by atoms with van der Waals surface area (Å²) < 4.78 is 2.09. The van der Waals surface area contributed by atoms with Crippen molar-refractivity contribution in [3.63, 3.8) is 0 Å². The van der Waals surface area contributed by atoms with Crippen LogP contribution in [-0.2, 0) is 10.3 Å². The van der Waals surface area contributed by atoms with E-state index in [1.807, 2.05) is 19.2 Å². The van der Waals surface area contributed by atoms with Gasteiger partial charge in [0.1, 0.15) is 0 Å². The summed E-state index contributed by atoms with van der Waals surface area (Å²) in [4.78, 5) is 13.5. The average molecular weight is 297 g/mol. The number of benzene rings is 1. The fourth-order valence-electron chi connectivity index (χ4n) is 3.10. The number of hydrogen-bond acceptors (Lipinski definition) is 3. The summed E-state index contributed by atoms with van der Waals surface area (Å²) in [5.41, 5.74) is 1.59. The van der Waals surface area contributed by atoms with Crippen molar-refractivity contribution in [3.8, 4) is 0 Å². The van der Waals surface area contributed by atoms with Crippen LogP contribution in [0.3, 0.4) is 0 Å². The predicted octanol–water partition coefficient (Wildman–Crippen LogP) is 1.97. The summed E-state index contributed by atoms with van der Waals surface area (Å²) in [7, 11) is 1.63. The van der Waals surface area contributed by atoms with Crippen LogP contribution >= 0.6 is 0 Å². The first-order valence-corrected chi connectivity index (χ1v) is 7.59. The number of carbonyl (C=O) groups is 1. The first-order valence-electron chi connectivity index (χ1n) is 7.59. The molecular formula is C16H19N5O. The number of aromatic nitrogens is 2. The molecule has 0 bridgehead atoms. The molecule has 6 heteroatoms. The molecule has 2 fully saturated rings. The van der Waals surface area contributed by atoms with Crippen molar-refractivity contribution in [2.45, 2.75) is 37.8 Å². The average Bonchev–Trinajstić information content (AvgIpc) is 3.24. The van der Waals surface area contributed by atoms with E-state index in [4.69, 9.17) is 5.41 Å². The lowest BCUT2D eigenvalue weighted by atomic mass is 9.86. The molecule has 4 rings (SSSR count). The molecule has 1 aliphatic heterocycles. The Bertz CT molecular complexity index is 771. The Morgan fingerprint density at radius 3 is 2.86 bits per heavy atom. The molecule has 1 saturated heterocycles. The Morgan fingerprint density at radius 1 is 1.41 bits per heavy atom. The highest BCUT2D eigenvalue weighted by molar-refractivity contribution is 5.99. The monoisotopic (exact) mass is 297 g/mol. The molecule has 1 aromatic carbocycles. The van der Waals surface area contributed by atoms with Crippen LogP contribution in [0.15, 0.2) is 24.4 Å². The van der Waals surface area contributed by atoms with Crippen molar-refractivity contribution in [3.05, 3.63) is 30.0 Å². The SMILES string of the molecule is CN1C(=N)N[C@](C)(c2ccc3cnn(C4CC4)c3c2)CC1=O. The maximum Gasteiger partial charge on any atom is 0.231 e. The molecule has 1 atom stereocenters. The molecule has 1 aliphatic carbocycles. The number of hydrogen-bond donors (Lipinski definition) is 2. The van der Waals surface area contributed by atoms with E-state index in [2.05, 4.69) is 27.2 Å². The Balaban J connectivity index is 1.78. The third kappa shape index (κ3) is 1.90. The standard InChI is InChI=1S/C16H19N5O/c1-16(8-14(22)20(2)15(17)19-16)11-4-3-10-9-18-21(12-5-6-12)13(10)7-11/h3-4,7,9,12H,5-6,8H2,1-2H3,(H2,17,19)/t16-/m0/s1. The molecular weight excluding hydrogens is 278 g/mol. The van der Waals surface area contributed by atoms with Crippen LogP contribution in [0.1, 0.15) is 37.8 Å². The summed E-state index contributed by atoms with van der Waals surface area (Å²) in [5.74, 6) is 0.108. The first-order chi connectivity index (χ1) is 10.5. The minimum atomic E-state index is -0.548. The quantitative estimate of drug-likeness (QED) is 0.890. The van der Waals surface area contributed by atoms with Crippen LogP contribution in [0.5, 0.6) is 0 Å². The molecule has 0 spiro atoms. The Labute approximate surface area is 128 Å². The molecule has 1 aromatic heterocycles. The molecule has 2 N–H and O–H groups in total. The van der Waals surface area contributed by atoms with Gasteiger partial charge in [-0.1, -0.05) is 12.1 Å². The number of carbonyl (C=O) groups excluding carboxylic acids is 1. The minimum absolute atomic E-state index is 0.0398. The van der Waals surface area contributed by atoms with Gasteiger partial charge in [-0.3, -0.25) is 19.8 Å². The number of nitrogens with one attached hydrogen (secondary N) is 2. The van der Waals surface area contributed by atoms with Gasteiger partial charge in [-0.25, -0.2) is 0 Å². The molecule has 2 aliphatic rings. The largest absolute Gasteiger partial charge is 0.346 e. The molecule has 114 valence electrons. The van der Waals surface area contributed by atoms with Crippen LogP contribution in [0, 0.1) is 5.41 Å². The van der Waals surface area contributed by atoms with Crippen molar-refractivity contribution >= 4 is 22.8 Å². The van der Waals surface area contributed by atoms with Gasteiger partial charge < -0.3 is 5.32 Å². The van der Waals surface area contributed by atoms with Gasteiger partial charge >= 0.3 is 0 Å². The number of fused-ring (bicyclic) bond motifs is 1. The number of guanidine groups is 1. The van der Waals surface area contributed by atoms with Gasteiger partial charge in [-0.2, -0.15) is 5.10 Å². The Morgan fingerprint density at radius 2 is 2.18 bits per heavy atom. The van der Waals surface area contributed by atoms with Crippen molar-refractivity contribution in [2.24, 2.45) is 0 Å². The summed E-state index contributed by atoms with van der Waals surface area (Å²) in [6.07, 6.45) is 4.61. The predicted molar refractivity (Wildman–Crippen MR) is 83.6 cm³/mol. The van der Waals surface area contributed by atoms with Gasteiger partial charge in [0.25, 0.3) is 0 Å². The molecule has 0 unspecified atom stereocenters. The first kappa shape index (κ1) is 13.3. The van der Waals surface area contributed by atoms with Crippen molar-refractivity contribution < 1.29 is 4.79 Å². The van der Waals surface area contributed by atoms with Crippen LogP contribution in [-0.4, -0.2) is 33.6 Å². The lowest BCUT2D eigenvalue weighted by Crippen LogP contribution is -2.58. The number of rotatable bonds is 2. The van der Waals surface area contributed by atoms with E-state index in [9.17, 15) is 4.79 Å². The minimum Gasteiger partial charge on any atom is -0.346 e. The summed E-state index contributed by atoms with van der Waals surface area (Å²) >= 11 is 0. The second-order valence-corrected chi connectivity index (χ2v) is 6.53. The third-order valence-electron chi connectivity index (χ3n) is 4.74. The van der Waals surface area contributed by atoms with Crippen molar-refractivity contribution in [2.75, 3.05) is 7.05 Å². The molecule has 1 amide bonds. The topological polar surface area (TPSA) is 74.0 Å². The summed E-state index contributed by atoms with van der Waals surface area (Å²) in [6.45, 7) is 1.98. The van der Waals surface area contributed by atoms with E-state index in [-0.39, 0.29) is 11.9 Å². The molecule has 2 heterocycles. The molecule has 1 saturated carbocycles. The van der Waals surface area contributed by atoms with E-state index in [0.717, 1.165) is 16.5 Å². The lowest BCUT2D eigenvalue weighted by Gasteiger charge is -2.39. The van der Waals surface area contributed by atoms with Gasteiger partial charge in [0.15, 0.2) is 5.96 Å². The van der Waals surface area contributed by atoms with Crippen LogP contribution in [0.2, 0.25) is 0 Å². The Kier molecular flexibility index (Phi) is 2.61. The van der Waals surface area contributed by atoms with Crippen molar-refractivity contribution in [1.29, 1.82) is 5.41 Å². The third-order valence-corrected chi connectivity index (χ3v) is 4.74. The normalized spacial score (nSPS) is 25.6. The van der Waals surface area contributed by atoms with Crippen molar-refractivity contribution in [1.82, 2.24) is 20.0 Å². The van der Waals surface area contributed by atoms with Crippen LogP contribution in [0.4, 0.5) is 0 Å². The van der Waals surface area contributed by atoms with Gasteiger partial charge in [0, 0.05) is 12.4 Å². The van der Waals surface area contributed by atoms with Gasteiger partial charge in [0.2, 0.25) is 5.91 Å². The van der Waals surface area contributed by atoms with E-state index in [1.165, 1.54) is 17.7 Å². The van der Waals surface area contributed by atoms with Gasteiger partial charge in [0.05, 0.1) is 29.7 Å². The zero-order valence-corrected chi connectivity index (χ0v) is 12.8. The highest BCUT2D eigenvalue weighted by atomic mass is 16.2. The number of amides is 1. The molecule has 2 aromatic rings. The van der Waals surface area contributed by atoms with E-state index in [0.29, 0.717) is 12.5 Å². The number of nitrogens with zero attached hydrogens (tertiary/aromatic N) is 3. The van der Waals surface area contributed by atoms with E-state index in [1.54, 1.807) is 7.05 Å². The smallest absolute Gasteiger partial charge is 0.231 e. The van der Waals surface area contributed by atoms with Gasteiger partial charge in [-0.05, 0) is 31.4 Å². The Hall–Kier alpha value is -2.37. The highest BCUT2D eigenvalue weighted by Gasteiger charge is 2.38. The molecule has 0 radical (unpaired) electrons. The summed E-state index contributed by atoms with van der Waals surface area (Å²) in [5, 5.41) is 16.7. The fourth-order valence-corrected chi connectivity index (χ4v) is 3.10. The lowest BCUT2D eigenvalue weighted by molar-refractivity contribution is -0.129. The maximum atomic E-state index is 12.1. The highest BCUT2D eigenvalue weighted by Crippen LogP contribution is 2.38. The fraction of sp³-hybridized carbons (Fsp3) is 0.438. The molecule has 6 nitrogen and oxygen atoms in total. The zero-order chi connectivity index (χ0) is 15.5. The maximum absolute atomic E-state index is 12.1. The second kappa shape index (κ2) is 4.32.